The molecule has 2 rings (SSSR count). The van der Waals surface area contributed by atoms with Crippen LogP contribution in [0.2, 0.25) is 18.1 Å². The first-order valence-electron chi connectivity index (χ1n) is 9.39. The predicted molar refractivity (Wildman–Crippen MR) is 98.3 cm³/mol. The molecule has 1 N–H and O–H groups in total. The highest BCUT2D eigenvalue weighted by Crippen LogP contribution is 2.57. The van der Waals surface area contributed by atoms with Crippen LogP contribution in [0.4, 0.5) is 0 Å². The third kappa shape index (κ3) is 3.29. The van der Waals surface area contributed by atoms with Crippen LogP contribution in [0.3, 0.4) is 0 Å². The van der Waals surface area contributed by atoms with Crippen molar-refractivity contribution in [1.82, 2.24) is 0 Å². The summed E-state index contributed by atoms with van der Waals surface area (Å²) in [5.41, 5.74) is -1.53. The summed E-state index contributed by atoms with van der Waals surface area (Å²) >= 11 is 0. The molecule has 2 aliphatic rings. The fourth-order valence-electron chi connectivity index (χ4n) is 4.16. The van der Waals surface area contributed by atoms with Crippen molar-refractivity contribution < 1.29 is 14.3 Å². The van der Waals surface area contributed by atoms with Crippen LogP contribution in [0.25, 0.3) is 0 Å². The normalized spacial score (nSPS) is 41.3. The minimum absolute atomic E-state index is 0.000762. The molecule has 0 unspecified atom stereocenters. The number of unbranched alkanes of at least 4 members (excludes halogenated alkanes) is 1. The third-order valence-corrected chi connectivity index (χ3v) is 11.3. The smallest absolute Gasteiger partial charge is 0.192 e. The molecule has 0 aromatic rings. The number of rotatable bonds is 5. The van der Waals surface area contributed by atoms with Crippen molar-refractivity contribution in [2.24, 2.45) is 0 Å². The van der Waals surface area contributed by atoms with Crippen molar-refractivity contribution in [2.75, 3.05) is 0 Å². The largest absolute Gasteiger partial charge is 0.411 e. The Balaban J connectivity index is 2.29. The van der Waals surface area contributed by atoms with E-state index in [1.54, 1.807) is 0 Å². The maximum atomic E-state index is 11.5. The summed E-state index contributed by atoms with van der Waals surface area (Å²) in [7, 11) is -1.89. The molecule has 0 aromatic carbocycles. The number of fused-ring (bicyclic) bond motifs is 2. The van der Waals surface area contributed by atoms with Crippen molar-refractivity contribution in [3.8, 4) is 0 Å². The Morgan fingerprint density at radius 3 is 2.39 bits per heavy atom. The second-order valence-corrected chi connectivity index (χ2v) is 14.6. The van der Waals surface area contributed by atoms with Gasteiger partial charge in [0.25, 0.3) is 0 Å². The van der Waals surface area contributed by atoms with E-state index in [1.807, 2.05) is 0 Å². The maximum absolute atomic E-state index is 11.5. The van der Waals surface area contributed by atoms with Crippen molar-refractivity contribution in [2.45, 2.75) is 121 Å². The zero-order valence-corrected chi connectivity index (χ0v) is 17.6. The summed E-state index contributed by atoms with van der Waals surface area (Å²) in [6.07, 6.45) is 5.67. The molecule has 0 spiro atoms. The molecule has 4 atom stereocenters. The molecule has 0 radical (unpaired) electrons. The summed E-state index contributed by atoms with van der Waals surface area (Å²) < 4.78 is 13.3. The van der Waals surface area contributed by atoms with Crippen LogP contribution in [0.15, 0.2) is 0 Å². The minimum atomic E-state index is -1.89. The van der Waals surface area contributed by atoms with Crippen LogP contribution in [0, 0.1) is 0 Å². The molecule has 0 aromatic heterocycles. The van der Waals surface area contributed by atoms with Crippen LogP contribution >= 0.6 is 0 Å². The van der Waals surface area contributed by atoms with Crippen molar-refractivity contribution in [3.63, 3.8) is 0 Å². The fraction of sp³-hybridized carbons (Fsp3) is 1.00. The monoisotopic (exact) mass is 342 g/mol. The van der Waals surface area contributed by atoms with Gasteiger partial charge in [0, 0.05) is 6.42 Å². The Morgan fingerprint density at radius 1 is 1.26 bits per heavy atom. The van der Waals surface area contributed by atoms with Gasteiger partial charge in [0.05, 0.1) is 17.3 Å². The first-order chi connectivity index (χ1) is 10.3. The lowest BCUT2D eigenvalue weighted by molar-refractivity contribution is -0.216. The SMILES string of the molecule is CCCC[C@]1(O)C[C@@]2(C)CC[C@H](O[Si](C)(C)C(C)(C)C)[C@]1(C)O2. The zero-order chi connectivity index (χ0) is 17.7. The van der Waals surface area contributed by atoms with Gasteiger partial charge in [-0.2, -0.15) is 0 Å². The van der Waals surface area contributed by atoms with E-state index in [0.717, 1.165) is 38.5 Å². The lowest BCUT2D eigenvalue weighted by Crippen LogP contribution is -2.61. The fourth-order valence-corrected chi connectivity index (χ4v) is 5.57. The number of ether oxygens (including phenoxy) is 1. The Bertz CT molecular complexity index is 444. The van der Waals surface area contributed by atoms with Gasteiger partial charge in [0.2, 0.25) is 0 Å². The lowest BCUT2D eigenvalue weighted by atomic mass is 9.76. The van der Waals surface area contributed by atoms with E-state index in [1.165, 1.54) is 0 Å². The van der Waals surface area contributed by atoms with E-state index in [-0.39, 0.29) is 16.7 Å². The molecule has 3 nitrogen and oxygen atoms in total. The highest BCUT2D eigenvalue weighted by atomic mass is 28.4. The first-order valence-corrected chi connectivity index (χ1v) is 12.3. The third-order valence-electron chi connectivity index (χ3n) is 6.79. The molecular weight excluding hydrogens is 304 g/mol. The average molecular weight is 343 g/mol. The Kier molecular flexibility index (Phi) is 4.92. The van der Waals surface area contributed by atoms with Gasteiger partial charge in [-0.05, 0) is 51.2 Å². The molecule has 136 valence electrons. The molecule has 2 heterocycles. The molecular formula is C19H38O3Si. The maximum Gasteiger partial charge on any atom is 0.192 e. The van der Waals surface area contributed by atoms with Gasteiger partial charge in [-0.25, -0.2) is 0 Å². The minimum Gasteiger partial charge on any atom is -0.411 e. The van der Waals surface area contributed by atoms with E-state index in [9.17, 15) is 5.11 Å². The zero-order valence-electron chi connectivity index (χ0n) is 16.6. The van der Waals surface area contributed by atoms with Gasteiger partial charge in [-0.15, -0.1) is 0 Å². The van der Waals surface area contributed by atoms with Gasteiger partial charge in [-0.1, -0.05) is 40.5 Å². The molecule has 0 amide bonds. The summed E-state index contributed by atoms with van der Waals surface area (Å²) in [5.74, 6) is 0. The van der Waals surface area contributed by atoms with Crippen molar-refractivity contribution >= 4 is 8.32 Å². The molecule has 2 aliphatic heterocycles. The number of hydrogen-bond acceptors (Lipinski definition) is 3. The van der Waals surface area contributed by atoms with E-state index in [2.05, 4.69) is 54.6 Å². The molecule has 4 heteroatoms. The molecule has 0 saturated carbocycles. The molecule has 2 bridgehead atoms. The van der Waals surface area contributed by atoms with E-state index in [4.69, 9.17) is 9.16 Å². The Labute approximate surface area is 144 Å². The van der Waals surface area contributed by atoms with Gasteiger partial charge in [-0.3, -0.25) is 0 Å². The molecule has 2 fully saturated rings. The topological polar surface area (TPSA) is 38.7 Å². The highest BCUT2D eigenvalue weighted by Gasteiger charge is 2.66. The van der Waals surface area contributed by atoms with E-state index >= 15 is 0 Å². The van der Waals surface area contributed by atoms with Crippen molar-refractivity contribution in [1.29, 1.82) is 0 Å². The van der Waals surface area contributed by atoms with Gasteiger partial charge in [0.15, 0.2) is 8.32 Å². The predicted octanol–water partition coefficient (Wildman–Crippen LogP) is 5.03. The standard InChI is InChI=1S/C19H38O3Si/c1-9-10-12-19(20)14-17(5)13-11-15(18(19,6)22-17)21-23(7,8)16(2,3)4/h15,20H,9-14H2,1-8H3/t15-,17+,18-,19-/m0/s1. The summed E-state index contributed by atoms with van der Waals surface area (Å²) in [5, 5.41) is 11.7. The quantitative estimate of drug-likeness (QED) is 0.712. The number of hydrogen-bond donors (Lipinski definition) is 1. The van der Waals surface area contributed by atoms with Crippen LogP contribution in [0.5, 0.6) is 0 Å². The van der Waals surface area contributed by atoms with Crippen LogP contribution < -0.4 is 0 Å². The molecule has 0 aliphatic carbocycles. The van der Waals surface area contributed by atoms with Crippen LogP contribution in [-0.4, -0.2) is 36.3 Å². The van der Waals surface area contributed by atoms with Gasteiger partial charge >= 0.3 is 0 Å². The summed E-state index contributed by atoms with van der Waals surface area (Å²) in [6, 6.07) is 0. The van der Waals surface area contributed by atoms with E-state index < -0.39 is 19.5 Å². The average Bonchev–Trinajstić information content (AvgIpc) is 2.54. The Morgan fingerprint density at radius 2 is 1.87 bits per heavy atom. The van der Waals surface area contributed by atoms with Crippen molar-refractivity contribution in [3.05, 3.63) is 0 Å². The summed E-state index contributed by atoms with van der Waals surface area (Å²) in [4.78, 5) is 0. The summed E-state index contributed by atoms with van der Waals surface area (Å²) in [6.45, 7) is 17.9. The van der Waals surface area contributed by atoms with E-state index in [0.29, 0.717) is 0 Å². The second kappa shape index (κ2) is 5.82. The highest BCUT2D eigenvalue weighted by molar-refractivity contribution is 6.74. The molecule has 2 saturated heterocycles. The second-order valence-electron chi connectivity index (χ2n) is 9.88. The first kappa shape index (κ1) is 19.4. The van der Waals surface area contributed by atoms with Gasteiger partial charge < -0.3 is 14.3 Å². The van der Waals surface area contributed by atoms with Crippen LogP contribution in [-0.2, 0) is 9.16 Å². The number of aliphatic hydroxyl groups is 1. The lowest BCUT2D eigenvalue weighted by Gasteiger charge is -2.50. The van der Waals surface area contributed by atoms with Crippen LogP contribution in [0.1, 0.15) is 80.1 Å². The van der Waals surface area contributed by atoms with Gasteiger partial charge in [0.1, 0.15) is 5.60 Å². The Hall–Kier alpha value is 0.0969. The molecule has 23 heavy (non-hydrogen) atoms.